The zero-order valence-electron chi connectivity index (χ0n) is 13.6. The molecule has 0 radical (unpaired) electrons. The first-order valence-corrected chi connectivity index (χ1v) is 8.82. The molecule has 1 amide bonds. The van der Waals surface area contributed by atoms with Crippen molar-refractivity contribution >= 4 is 5.91 Å². The Balaban J connectivity index is 1.88. The van der Waals surface area contributed by atoms with Crippen LogP contribution in [0.25, 0.3) is 0 Å². The Morgan fingerprint density at radius 2 is 1.76 bits per heavy atom. The molecular formula is C17H32N2O2. The van der Waals surface area contributed by atoms with E-state index in [4.69, 9.17) is 0 Å². The molecule has 0 bridgehead atoms. The predicted molar refractivity (Wildman–Crippen MR) is 85.2 cm³/mol. The van der Waals surface area contributed by atoms with Gasteiger partial charge in [-0.25, -0.2) is 0 Å². The zero-order valence-corrected chi connectivity index (χ0v) is 13.6. The van der Waals surface area contributed by atoms with Gasteiger partial charge in [-0.15, -0.1) is 0 Å². The largest absolute Gasteiger partial charge is 0.393 e. The Morgan fingerprint density at radius 3 is 2.38 bits per heavy atom. The van der Waals surface area contributed by atoms with E-state index >= 15 is 0 Å². The third-order valence-electron chi connectivity index (χ3n) is 5.21. The number of likely N-dealkylation sites (tertiary alicyclic amines) is 1. The second kappa shape index (κ2) is 8.14. The molecule has 1 saturated carbocycles. The van der Waals surface area contributed by atoms with Crippen molar-refractivity contribution in [1.29, 1.82) is 0 Å². The molecule has 21 heavy (non-hydrogen) atoms. The lowest BCUT2D eigenvalue weighted by Crippen LogP contribution is -2.58. The van der Waals surface area contributed by atoms with Crippen molar-refractivity contribution < 1.29 is 9.90 Å². The minimum Gasteiger partial charge on any atom is -0.393 e. The number of amides is 1. The van der Waals surface area contributed by atoms with E-state index in [9.17, 15) is 9.90 Å². The highest BCUT2D eigenvalue weighted by molar-refractivity contribution is 5.75. The molecule has 1 aliphatic heterocycles. The van der Waals surface area contributed by atoms with Crippen molar-refractivity contribution in [2.45, 2.75) is 82.8 Å². The lowest BCUT2D eigenvalue weighted by Gasteiger charge is -2.48. The molecule has 1 aliphatic carbocycles. The molecule has 0 aromatic carbocycles. The lowest BCUT2D eigenvalue weighted by molar-refractivity contribution is -0.122. The molecule has 2 aliphatic rings. The highest BCUT2D eigenvalue weighted by Gasteiger charge is 2.38. The van der Waals surface area contributed by atoms with Crippen LogP contribution in [0, 0.1) is 0 Å². The van der Waals surface area contributed by atoms with Crippen molar-refractivity contribution in [3.05, 3.63) is 0 Å². The fourth-order valence-corrected chi connectivity index (χ4v) is 3.87. The summed E-state index contributed by atoms with van der Waals surface area (Å²) in [4.78, 5) is 14.6. The number of piperidine rings is 1. The summed E-state index contributed by atoms with van der Waals surface area (Å²) in [5.41, 5.74) is 0.208. The molecule has 0 spiro atoms. The van der Waals surface area contributed by atoms with Crippen LogP contribution in [-0.2, 0) is 4.79 Å². The summed E-state index contributed by atoms with van der Waals surface area (Å²) in [6, 6.07) is 0. The van der Waals surface area contributed by atoms with Crippen LogP contribution in [0.4, 0.5) is 0 Å². The molecule has 0 aromatic rings. The molecule has 122 valence electrons. The smallest absolute Gasteiger partial charge is 0.220 e. The molecule has 2 fully saturated rings. The van der Waals surface area contributed by atoms with Crippen LogP contribution in [0.2, 0.25) is 0 Å². The first-order chi connectivity index (χ1) is 10.1. The Morgan fingerprint density at radius 1 is 1.14 bits per heavy atom. The standard InChI is InChI=1S/C17H32N2O2/c1-15(20)8-9-16(21)18-14-17(10-4-2-5-11-17)19-12-6-3-7-13-19/h15,20H,2-14H2,1H3,(H,18,21). The van der Waals surface area contributed by atoms with E-state index in [1.165, 1.54) is 64.5 Å². The van der Waals surface area contributed by atoms with Gasteiger partial charge in [0.15, 0.2) is 0 Å². The second-order valence-corrected chi connectivity index (χ2v) is 7.00. The second-order valence-electron chi connectivity index (χ2n) is 7.00. The SMILES string of the molecule is CC(O)CCC(=O)NCC1(N2CCCCC2)CCCCC1. The zero-order chi connectivity index (χ0) is 15.1. The summed E-state index contributed by atoms with van der Waals surface area (Å²) >= 11 is 0. The highest BCUT2D eigenvalue weighted by Crippen LogP contribution is 2.35. The minimum atomic E-state index is -0.388. The molecule has 4 heteroatoms. The van der Waals surface area contributed by atoms with Gasteiger partial charge in [-0.2, -0.15) is 0 Å². The van der Waals surface area contributed by atoms with E-state index in [0.717, 1.165) is 6.54 Å². The monoisotopic (exact) mass is 296 g/mol. The average Bonchev–Trinajstić information content (AvgIpc) is 2.52. The topological polar surface area (TPSA) is 52.6 Å². The molecule has 4 nitrogen and oxygen atoms in total. The maximum absolute atomic E-state index is 12.0. The number of nitrogens with one attached hydrogen (secondary N) is 1. The van der Waals surface area contributed by atoms with Gasteiger partial charge >= 0.3 is 0 Å². The summed E-state index contributed by atoms with van der Waals surface area (Å²) in [6.07, 6.45) is 10.9. The molecule has 1 unspecified atom stereocenters. The van der Waals surface area contributed by atoms with Gasteiger partial charge in [0.1, 0.15) is 0 Å². The van der Waals surface area contributed by atoms with E-state index in [-0.39, 0.29) is 17.6 Å². The van der Waals surface area contributed by atoms with Crippen LogP contribution in [0.5, 0.6) is 0 Å². The van der Waals surface area contributed by atoms with Gasteiger partial charge in [0, 0.05) is 18.5 Å². The first kappa shape index (κ1) is 16.8. The number of carbonyl (C=O) groups excluding carboxylic acids is 1. The summed E-state index contributed by atoms with van der Waals surface area (Å²) in [5, 5.41) is 12.4. The maximum Gasteiger partial charge on any atom is 0.220 e. The van der Waals surface area contributed by atoms with Gasteiger partial charge in [-0.1, -0.05) is 25.7 Å². The summed E-state index contributed by atoms with van der Waals surface area (Å²) in [5.74, 6) is 0.0952. The summed E-state index contributed by atoms with van der Waals surface area (Å²) in [7, 11) is 0. The molecule has 1 saturated heterocycles. The number of carbonyl (C=O) groups is 1. The van der Waals surface area contributed by atoms with E-state index in [1.54, 1.807) is 6.92 Å². The molecule has 0 aromatic heterocycles. The number of rotatable bonds is 6. The first-order valence-electron chi connectivity index (χ1n) is 8.82. The molecule has 2 rings (SSSR count). The van der Waals surface area contributed by atoms with Gasteiger partial charge in [0.05, 0.1) is 6.10 Å². The average molecular weight is 296 g/mol. The number of aliphatic hydroxyl groups is 1. The minimum absolute atomic E-state index is 0.0952. The van der Waals surface area contributed by atoms with Crippen LogP contribution >= 0.6 is 0 Å². The van der Waals surface area contributed by atoms with Gasteiger partial charge in [0.2, 0.25) is 5.91 Å². The van der Waals surface area contributed by atoms with Crippen molar-refractivity contribution in [1.82, 2.24) is 10.2 Å². The number of hydrogen-bond donors (Lipinski definition) is 2. The fourth-order valence-electron chi connectivity index (χ4n) is 3.87. The van der Waals surface area contributed by atoms with Crippen molar-refractivity contribution in [2.24, 2.45) is 0 Å². The molecule has 1 heterocycles. The lowest BCUT2D eigenvalue weighted by atomic mass is 9.79. The molecule has 1 atom stereocenters. The highest BCUT2D eigenvalue weighted by atomic mass is 16.3. The van der Waals surface area contributed by atoms with Crippen molar-refractivity contribution in [3.63, 3.8) is 0 Å². The predicted octanol–water partition coefficient (Wildman–Crippen LogP) is 2.45. The Hall–Kier alpha value is -0.610. The van der Waals surface area contributed by atoms with Gasteiger partial charge in [-0.3, -0.25) is 9.69 Å². The quantitative estimate of drug-likeness (QED) is 0.791. The fraction of sp³-hybridized carbons (Fsp3) is 0.941. The number of hydrogen-bond acceptors (Lipinski definition) is 3. The van der Waals surface area contributed by atoms with Crippen LogP contribution in [-0.4, -0.2) is 47.2 Å². The summed E-state index contributed by atoms with van der Waals surface area (Å²) < 4.78 is 0. The van der Waals surface area contributed by atoms with E-state index in [1.807, 2.05) is 0 Å². The van der Waals surface area contributed by atoms with Crippen LogP contribution < -0.4 is 5.32 Å². The van der Waals surface area contributed by atoms with E-state index < -0.39 is 0 Å². The van der Waals surface area contributed by atoms with Gasteiger partial charge in [-0.05, 0) is 52.1 Å². The van der Waals surface area contributed by atoms with Gasteiger partial charge < -0.3 is 10.4 Å². The maximum atomic E-state index is 12.0. The third kappa shape index (κ3) is 4.96. The van der Waals surface area contributed by atoms with Crippen LogP contribution in [0.15, 0.2) is 0 Å². The Kier molecular flexibility index (Phi) is 6.49. The van der Waals surface area contributed by atoms with Crippen LogP contribution in [0.3, 0.4) is 0 Å². The van der Waals surface area contributed by atoms with E-state index in [2.05, 4.69) is 10.2 Å². The normalized spacial score (nSPS) is 24.5. The molecule has 2 N–H and O–H groups in total. The number of aliphatic hydroxyl groups excluding tert-OH is 1. The van der Waals surface area contributed by atoms with Crippen molar-refractivity contribution in [2.75, 3.05) is 19.6 Å². The van der Waals surface area contributed by atoms with Crippen molar-refractivity contribution in [3.8, 4) is 0 Å². The van der Waals surface area contributed by atoms with Crippen LogP contribution in [0.1, 0.15) is 71.1 Å². The number of nitrogens with zero attached hydrogens (tertiary/aromatic N) is 1. The third-order valence-corrected chi connectivity index (χ3v) is 5.21. The Bertz CT molecular complexity index is 319. The summed E-state index contributed by atoms with van der Waals surface area (Å²) in [6.45, 7) is 4.93. The Labute approximate surface area is 129 Å². The van der Waals surface area contributed by atoms with Gasteiger partial charge in [0.25, 0.3) is 0 Å². The van der Waals surface area contributed by atoms with E-state index in [0.29, 0.717) is 12.8 Å². The molecular weight excluding hydrogens is 264 g/mol.